The smallest absolute Gasteiger partial charge is 0.302 e. The molecular weight excluding hydrogens is 334 g/mol. The number of carbonyl (C=O) groups excluding carboxylic acids is 1. The molecule has 0 heterocycles. The second kappa shape index (κ2) is 4.91. The summed E-state index contributed by atoms with van der Waals surface area (Å²) in [7, 11) is 0. The van der Waals surface area contributed by atoms with Crippen molar-refractivity contribution >= 4 is 5.97 Å². The zero-order valence-corrected chi connectivity index (χ0v) is 16.1. The summed E-state index contributed by atoms with van der Waals surface area (Å²) in [6, 6.07) is 0. The van der Waals surface area contributed by atoms with E-state index < -0.39 is 17.3 Å². The lowest BCUT2D eigenvalue weighted by Gasteiger charge is -2.58. The number of halogens is 2. The van der Waals surface area contributed by atoms with Gasteiger partial charge in [-0.2, -0.15) is 0 Å². The third-order valence-corrected chi connectivity index (χ3v) is 9.60. The van der Waals surface area contributed by atoms with Crippen molar-refractivity contribution in [2.75, 3.05) is 0 Å². The molecule has 1 spiro atoms. The van der Waals surface area contributed by atoms with Crippen molar-refractivity contribution in [3.63, 3.8) is 0 Å². The van der Waals surface area contributed by atoms with E-state index in [4.69, 9.17) is 4.74 Å². The maximum atomic E-state index is 15.1. The quantitative estimate of drug-likeness (QED) is 0.462. The van der Waals surface area contributed by atoms with Crippen molar-refractivity contribution in [1.29, 1.82) is 0 Å². The van der Waals surface area contributed by atoms with Gasteiger partial charge in [-0.05, 0) is 68.1 Å². The molecule has 4 heteroatoms. The average Bonchev–Trinajstić information content (AvgIpc) is 2.86. The molecule has 0 unspecified atom stereocenters. The van der Waals surface area contributed by atoms with E-state index >= 15 is 8.78 Å². The minimum absolute atomic E-state index is 0.0299. The van der Waals surface area contributed by atoms with E-state index in [1.54, 1.807) is 0 Å². The van der Waals surface area contributed by atoms with E-state index in [0.717, 1.165) is 38.5 Å². The van der Waals surface area contributed by atoms with Gasteiger partial charge < -0.3 is 4.74 Å². The molecule has 0 radical (unpaired) electrons. The SMILES string of the molecule is CC(=O)O[C@H]1CC[C@H]2[C@@H]3C[C@@H]4C(F)(F)[C@@]45C=CCC[C@]5(C)[C@H]3CC[C@]12C. The van der Waals surface area contributed by atoms with Crippen LogP contribution in [0.25, 0.3) is 0 Å². The first-order valence-corrected chi connectivity index (χ1v) is 10.4. The third kappa shape index (κ3) is 1.71. The second-order valence-corrected chi connectivity index (χ2v) is 10.2. The number of hydrogen-bond donors (Lipinski definition) is 0. The Kier molecular flexibility index (Phi) is 3.25. The lowest BCUT2D eigenvalue weighted by atomic mass is 9.45. The highest BCUT2D eigenvalue weighted by molar-refractivity contribution is 5.66. The van der Waals surface area contributed by atoms with Crippen LogP contribution in [-0.2, 0) is 9.53 Å². The zero-order valence-electron chi connectivity index (χ0n) is 16.1. The van der Waals surface area contributed by atoms with Crippen molar-refractivity contribution in [3.8, 4) is 0 Å². The van der Waals surface area contributed by atoms with Crippen molar-refractivity contribution < 1.29 is 18.3 Å². The van der Waals surface area contributed by atoms with Crippen LogP contribution in [0, 0.1) is 39.9 Å². The number of alkyl halides is 2. The van der Waals surface area contributed by atoms with Crippen LogP contribution in [0.15, 0.2) is 12.2 Å². The molecule has 5 aliphatic rings. The fourth-order valence-corrected chi connectivity index (χ4v) is 8.40. The normalized spacial score (nSPS) is 56.0. The first-order valence-electron chi connectivity index (χ1n) is 10.4. The summed E-state index contributed by atoms with van der Waals surface area (Å²) in [4.78, 5) is 11.6. The van der Waals surface area contributed by atoms with Gasteiger partial charge in [-0.25, -0.2) is 8.78 Å². The number of allylic oxidation sites excluding steroid dienone is 2. The van der Waals surface area contributed by atoms with E-state index in [1.165, 1.54) is 6.92 Å². The molecule has 0 aromatic carbocycles. The van der Waals surface area contributed by atoms with Gasteiger partial charge in [-0.1, -0.05) is 26.0 Å². The van der Waals surface area contributed by atoms with Gasteiger partial charge in [0.15, 0.2) is 0 Å². The lowest BCUT2D eigenvalue weighted by Crippen LogP contribution is -2.54. The molecule has 0 aromatic heterocycles. The predicted octanol–water partition coefficient (Wildman–Crippen LogP) is 5.37. The molecule has 0 aliphatic heterocycles. The molecule has 0 amide bonds. The first kappa shape index (κ1) is 17.2. The lowest BCUT2D eigenvalue weighted by molar-refractivity contribution is -0.160. The van der Waals surface area contributed by atoms with E-state index in [2.05, 4.69) is 13.8 Å². The molecule has 8 atom stereocenters. The summed E-state index contributed by atoms with van der Waals surface area (Å²) in [6.07, 6.45) is 10.3. The van der Waals surface area contributed by atoms with E-state index in [9.17, 15) is 4.79 Å². The second-order valence-electron chi connectivity index (χ2n) is 10.2. The number of fused-ring (bicyclic) bond motifs is 4. The fraction of sp³-hybridized carbons (Fsp3) is 0.864. The molecule has 144 valence electrons. The van der Waals surface area contributed by atoms with Crippen LogP contribution in [0.2, 0.25) is 0 Å². The van der Waals surface area contributed by atoms with Crippen LogP contribution >= 0.6 is 0 Å². The Hall–Kier alpha value is -0.930. The molecule has 0 saturated heterocycles. The topological polar surface area (TPSA) is 26.3 Å². The Bertz CT molecular complexity index is 688. The van der Waals surface area contributed by atoms with Gasteiger partial charge in [0.2, 0.25) is 0 Å². The van der Waals surface area contributed by atoms with Crippen LogP contribution in [0.5, 0.6) is 0 Å². The van der Waals surface area contributed by atoms with Crippen molar-refractivity contribution in [2.24, 2.45) is 39.9 Å². The summed E-state index contributed by atoms with van der Waals surface area (Å²) in [5, 5.41) is 0. The number of ether oxygens (including phenoxy) is 1. The number of hydrogen-bond acceptors (Lipinski definition) is 2. The molecule has 0 aromatic rings. The summed E-state index contributed by atoms with van der Waals surface area (Å²) in [5.41, 5.74) is -1.18. The van der Waals surface area contributed by atoms with Crippen LogP contribution in [-0.4, -0.2) is 18.0 Å². The van der Waals surface area contributed by atoms with Gasteiger partial charge in [0.1, 0.15) is 6.10 Å². The first-order chi connectivity index (χ1) is 12.2. The van der Waals surface area contributed by atoms with Crippen molar-refractivity contribution in [2.45, 2.75) is 77.7 Å². The van der Waals surface area contributed by atoms with E-state index in [0.29, 0.717) is 24.2 Å². The maximum Gasteiger partial charge on any atom is 0.302 e. The molecule has 26 heavy (non-hydrogen) atoms. The minimum Gasteiger partial charge on any atom is -0.462 e. The maximum absolute atomic E-state index is 15.1. The Labute approximate surface area is 154 Å². The van der Waals surface area contributed by atoms with Crippen molar-refractivity contribution in [3.05, 3.63) is 12.2 Å². The summed E-state index contributed by atoms with van der Waals surface area (Å²) >= 11 is 0. The summed E-state index contributed by atoms with van der Waals surface area (Å²) in [5.74, 6) is -2.07. The molecule has 5 aliphatic carbocycles. The summed E-state index contributed by atoms with van der Waals surface area (Å²) < 4.78 is 35.8. The largest absolute Gasteiger partial charge is 0.462 e. The van der Waals surface area contributed by atoms with Crippen LogP contribution < -0.4 is 0 Å². The van der Waals surface area contributed by atoms with Gasteiger partial charge in [0.05, 0.1) is 5.41 Å². The van der Waals surface area contributed by atoms with Gasteiger partial charge >= 0.3 is 5.97 Å². The molecule has 5 rings (SSSR count). The molecule has 4 fully saturated rings. The Morgan fingerprint density at radius 3 is 2.62 bits per heavy atom. The number of esters is 1. The predicted molar refractivity (Wildman–Crippen MR) is 94.6 cm³/mol. The molecule has 4 saturated carbocycles. The Morgan fingerprint density at radius 2 is 1.88 bits per heavy atom. The third-order valence-electron chi connectivity index (χ3n) is 9.60. The minimum atomic E-state index is -2.54. The Balaban J connectivity index is 1.52. The fourth-order valence-electron chi connectivity index (χ4n) is 8.40. The van der Waals surface area contributed by atoms with Gasteiger partial charge in [-0.15, -0.1) is 0 Å². The molecular formula is C22H30F2O2. The van der Waals surface area contributed by atoms with Crippen LogP contribution in [0.1, 0.15) is 65.7 Å². The van der Waals surface area contributed by atoms with Crippen molar-refractivity contribution in [1.82, 2.24) is 0 Å². The molecule has 0 bridgehead atoms. The van der Waals surface area contributed by atoms with Crippen LogP contribution in [0.3, 0.4) is 0 Å². The highest BCUT2D eigenvalue weighted by atomic mass is 19.3. The van der Waals surface area contributed by atoms with E-state index in [1.807, 2.05) is 12.2 Å². The molecule has 0 N–H and O–H groups in total. The zero-order chi connectivity index (χ0) is 18.5. The highest BCUT2D eigenvalue weighted by Gasteiger charge is 2.88. The number of rotatable bonds is 1. The van der Waals surface area contributed by atoms with Crippen LogP contribution in [0.4, 0.5) is 8.78 Å². The standard InChI is InChI=1S/C22H30F2O2/c1-13(25)26-18-7-6-15-14-12-17-21(22(17,23)24)10-5-4-9-20(21,3)16(14)8-11-19(15,18)2/h5,10,14-18H,4,6-9,11-12H2,1-3H3/t14-,15-,16-,17-,18-,19-,20+,21-/m0/s1. The average molecular weight is 364 g/mol. The van der Waals surface area contributed by atoms with Gasteiger partial charge in [0, 0.05) is 18.3 Å². The highest BCUT2D eigenvalue weighted by Crippen LogP contribution is 2.84. The molecule has 2 nitrogen and oxygen atoms in total. The Morgan fingerprint density at radius 1 is 1.12 bits per heavy atom. The van der Waals surface area contributed by atoms with E-state index in [-0.39, 0.29) is 22.9 Å². The van der Waals surface area contributed by atoms with Gasteiger partial charge in [0.25, 0.3) is 5.92 Å². The van der Waals surface area contributed by atoms with Gasteiger partial charge in [-0.3, -0.25) is 4.79 Å². The monoisotopic (exact) mass is 364 g/mol. The summed E-state index contributed by atoms with van der Waals surface area (Å²) in [6.45, 7) is 5.91. The number of carbonyl (C=O) groups is 1.